The van der Waals surface area contributed by atoms with E-state index < -0.39 is 5.60 Å². The molecule has 2 aromatic carbocycles. The molecule has 2 aromatic rings. The van der Waals surface area contributed by atoms with Crippen molar-refractivity contribution in [2.45, 2.75) is 25.6 Å². The minimum absolute atomic E-state index is 0.516. The van der Waals surface area contributed by atoms with Crippen LogP contribution in [0.15, 0.2) is 67.3 Å². The smallest absolute Gasteiger partial charge is 0.119 e. The fraction of sp³-hybridized carbons (Fsp3) is 0.300. The maximum absolute atomic E-state index is 10.4. The molecule has 0 radical (unpaired) electrons. The van der Waals surface area contributed by atoms with Crippen LogP contribution in [0.5, 0.6) is 5.75 Å². The summed E-state index contributed by atoms with van der Waals surface area (Å²) in [6.45, 7) is 7.53. The average Bonchev–Trinajstić information content (AvgIpc) is 2.55. The van der Waals surface area contributed by atoms with E-state index in [0.717, 1.165) is 24.4 Å². The molecule has 0 saturated heterocycles. The third-order valence-corrected chi connectivity index (χ3v) is 3.77. The van der Waals surface area contributed by atoms with Crippen LogP contribution in [0.1, 0.15) is 18.1 Å². The number of methoxy groups -OCH3 is 1. The molecule has 122 valence electrons. The first-order valence-corrected chi connectivity index (χ1v) is 7.77. The molecule has 0 aromatic heterocycles. The lowest BCUT2D eigenvalue weighted by molar-refractivity contribution is 0.0555. The number of rotatable bonds is 8. The molecule has 0 aliphatic carbocycles. The number of ether oxygens (including phenoxy) is 1. The molecule has 0 heterocycles. The van der Waals surface area contributed by atoms with Crippen LogP contribution < -0.4 is 4.74 Å². The molecule has 0 unspecified atom stereocenters. The van der Waals surface area contributed by atoms with E-state index >= 15 is 0 Å². The highest BCUT2D eigenvalue weighted by Gasteiger charge is 2.20. The third kappa shape index (κ3) is 5.55. The van der Waals surface area contributed by atoms with E-state index in [9.17, 15) is 5.11 Å². The predicted molar refractivity (Wildman–Crippen MR) is 94.4 cm³/mol. The van der Waals surface area contributed by atoms with Gasteiger partial charge in [-0.05, 0) is 30.2 Å². The summed E-state index contributed by atoms with van der Waals surface area (Å²) < 4.78 is 5.29. The summed E-state index contributed by atoms with van der Waals surface area (Å²) in [6, 6.07) is 18.3. The molecule has 0 aliphatic rings. The molecule has 3 heteroatoms. The molecular formula is C20H25NO2. The van der Waals surface area contributed by atoms with Gasteiger partial charge in [-0.3, -0.25) is 4.90 Å². The molecular weight excluding hydrogens is 286 g/mol. The van der Waals surface area contributed by atoms with Crippen molar-refractivity contribution < 1.29 is 9.84 Å². The molecule has 0 bridgehead atoms. The van der Waals surface area contributed by atoms with E-state index in [1.54, 1.807) is 20.1 Å². The summed E-state index contributed by atoms with van der Waals surface area (Å²) in [5.41, 5.74) is 1.45. The van der Waals surface area contributed by atoms with Crippen molar-refractivity contribution in [2.75, 3.05) is 13.7 Å². The first-order chi connectivity index (χ1) is 11.0. The molecule has 23 heavy (non-hydrogen) atoms. The number of hydrogen-bond acceptors (Lipinski definition) is 3. The van der Waals surface area contributed by atoms with Crippen molar-refractivity contribution in [1.29, 1.82) is 0 Å². The lowest BCUT2D eigenvalue weighted by Gasteiger charge is -2.29. The summed E-state index contributed by atoms with van der Waals surface area (Å²) in [5.74, 6) is 0.845. The van der Waals surface area contributed by atoms with Gasteiger partial charge in [0, 0.05) is 19.6 Å². The summed E-state index contributed by atoms with van der Waals surface area (Å²) in [7, 11) is 1.67. The SMILES string of the molecule is C=C[C@](C)(O)CN(Cc1ccccc1)Cc1cccc(OC)c1. The highest BCUT2D eigenvalue weighted by molar-refractivity contribution is 5.28. The molecule has 0 aliphatic heterocycles. The number of aliphatic hydroxyl groups is 1. The van der Waals surface area contributed by atoms with Crippen molar-refractivity contribution >= 4 is 0 Å². The van der Waals surface area contributed by atoms with Gasteiger partial charge in [0.15, 0.2) is 0 Å². The van der Waals surface area contributed by atoms with Crippen LogP contribution >= 0.6 is 0 Å². The van der Waals surface area contributed by atoms with Gasteiger partial charge in [0.2, 0.25) is 0 Å². The second-order valence-electron chi connectivity index (χ2n) is 6.04. The van der Waals surface area contributed by atoms with Gasteiger partial charge in [0.05, 0.1) is 12.7 Å². The van der Waals surface area contributed by atoms with Gasteiger partial charge in [0.1, 0.15) is 5.75 Å². The standard InChI is InChI=1S/C20H25NO2/c1-4-20(2,22)16-21(14-17-9-6-5-7-10-17)15-18-11-8-12-19(13-18)23-3/h4-13,22H,1,14-16H2,2-3H3/t20-/m0/s1. The Kier molecular flexibility index (Phi) is 5.97. The number of nitrogens with zero attached hydrogens (tertiary/aromatic N) is 1. The Hall–Kier alpha value is -2.10. The maximum atomic E-state index is 10.4. The van der Waals surface area contributed by atoms with Gasteiger partial charge >= 0.3 is 0 Å². The van der Waals surface area contributed by atoms with E-state index in [4.69, 9.17) is 4.74 Å². The first kappa shape index (κ1) is 17.3. The van der Waals surface area contributed by atoms with Crippen LogP contribution in [-0.4, -0.2) is 29.3 Å². The highest BCUT2D eigenvalue weighted by Crippen LogP contribution is 2.18. The lowest BCUT2D eigenvalue weighted by Crippen LogP contribution is -2.38. The topological polar surface area (TPSA) is 32.7 Å². The zero-order chi connectivity index (χ0) is 16.7. The zero-order valence-electron chi connectivity index (χ0n) is 13.9. The van der Waals surface area contributed by atoms with Gasteiger partial charge in [-0.15, -0.1) is 6.58 Å². The monoisotopic (exact) mass is 311 g/mol. The molecule has 2 rings (SSSR count). The van der Waals surface area contributed by atoms with Crippen LogP contribution in [0.25, 0.3) is 0 Å². The minimum atomic E-state index is -0.923. The van der Waals surface area contributed by atoms with Crippen molar-refractivity contribution in [3.05, 3.63) is 78.4 Å². The van der Waals surface area contributed by atoms with Gasteiger partial charge in [-0.25, -0.2) is 0 Å². The summed E-state index contributed by atoms with van der Waals surface area (Å²) in [5, 5.41) is 10.4. The van der Waals surface area contributed by atoms with E-state index in [0.29, 0.717) is 6.54 Å². The fourth-order valence-corrected chi connectivity index (χ4v) is 2.56. The molecule has 0 fully saturated rings. The Morgan fingerprint density at radius 1 is 1.09 bits per heavy atom. The third-order valence-electron chi connectivity index (χ3n) is 3.77. The van der Waals surface area contributed by atoms with Crippen LogP contribution in [-0.2, 0) is 13.1 Å². The highest BCUT2D eigenvalue weighted by atomic mass is 16.5. The Labute approximate surface area is 138 Å². The normalized spacial score (nSPS) is 13.6. The van der Waals surface area contributed by atoms with Crippen molar-refractivity contribution in [2.24, 2.45) is 0 Å². The van der Waals surface area contributed by atoms with E-state index in [1.807, 2.05) is 36.4 Å². The van der Waals surface area contributed by atoms with E-state index in [2.05, 4.69) is 29.7 Å². The zero-order valence-corrected chi connectivity index (χ0v) is 13.9. The van der Waals surface area contributed by atoms with Gasteiger partial charge < -0.3 is 9.84 Å². The minimum Gasteiger partial charge on any atom is -0.497 e. The first-order valence-electron chi connectivity index (χ1n) is 7.77. The van der Waals surface area contributed by atoms with E-state index in [1.165, 1.54) is 5.56 Å². The Morgan fingerprint density at radius 3 is 2.39 bits per heavy atom. The predicted octanol–water partition coefficient (Wildman–Crippen LogP) is 3.63. The Morgan fingerprint density at radius 2 is 1.74 bits per heavy atom. The van der Waals surface area contributed by atoms with Crippen LogP contribution in [0.2, 0.25) is 0 Å². The van der Waals surface area contributed by atoms with Crippen LogP contribution in [0, 0.1) is 0 Å². The van der Waals surface area contributed by atoms with E-state index in [-0.39, 0.29) is 0 Å². The van der Waals surface area contributed by atoms with Gasteiger partial charge in [-0.2, -0.15) is 0 Å². The summed E-state index contributed by atoms with van der Waals surface area (Å²) in [4.78, 5) is 2.21. The lowest BCUT2D eigenvalue weighted by atomic mass is 10.1. The Bertz CT molecular complexity index is 623. The number of hydrogen-bond donors (Lipinski definition) is 1. The summed E-state index contributed by atoms with van der Waals surface area (Å²) >= 11 is 0. The van der Waals surface area contributed by atoms with Crippen molar-refractivity contribution in [1.82, 2.24) is 4.90 Å². The molecule has 1 atom stereocenters. The van der Waals surface area contributed by atoms with Crippen molar-refractivity contribution in [3.8, 4) is 5.75 Å². The summed E-state index contributed by atoms with van der Waals surface area (Å²) in [6.07, 6.45) is 1.59. The molecule has 1 N–H and O–H groups in total. The van der Waals surface area contributed by atoms with Gasteiger partial charge in [-0.1, -0.05) is 48.5 Å². The molecule has 0 spiro atoms. The molecule has 3 nitrogen and oxygen atoms in total. The Balaban J connectivity index is 2.16. The number of benzene rings is 2. The quantitative estimate of drug-likeness (QED) is 0.756. The van der Waals surface area contributed by atoms with Gasteiger partial charge in [0.25, 0.3) is 0 Å². The second kappa shape index (κ2) is 7.95. The molecule has 0 amide bonds. The fourth-order valence-electron chi connectivity index (χ4n) is 2.56. The largest absolute Gasteiger partial charge is 0.497 e. The van der Waals surface area contributed by atoms with Crippen molar-refractivity contribution in [3.63, 3.8) is 0 Å². The maximum Gasteiger partial charge on any atom is 0.119 e. The average molecular weight is 311 g/mol. The van der Waals surface area contributed by atoms with Crippen LogP contribution in [0.4, 0.5) is 0 Å². The van der Waals surface area contributed by atoms with Crippen LogP contribution in [0.3, 0.4) is 0 Å². The second-order valence-corrected chi connectivity index (χ2v) is 6.04. The molecule has 0 saturated carbocycles.